The molecule has 0 aliphatic heterocycles. The second-order valence-corrected chi connectivity index (χ2v) is 3.65. The molecule has 74 valence electrons. The summed E-state index contributed by atoms with van der Waals surface area (Å²) in [6.07, 6.45) is 4.74. The zero-order chi connectivity index (χ0) is 9.68. The molecule has 13 heavy (non-hydrogen) atoms. The Bertz CT molecular complexity index is 218. The van der Waals surface area contributed by atoms with Crippen molar-refractivity contribution < 1.29 is 4.42 Å². The van der Waals surface area contributed by atoms with Gasteiger partial charge in [-0.05, 0) is 37.4 Å². The summed E-state index contributed by atoms with van der Waals surface area (Å²) in [6.45, 7) is 7.64. The van der Waals surface area contributed by atoms with Crippen LogP contribution in [-0.2, 0) is 0 Å². The quantitative estimate of drug-likeness (QED) is 0.755. The van der Waals surface area contributed by atoms with E-state index in [-0.39, 0.29) is 0 Å². The zero-order valence-corrected chi connectivity index (χ0v) is 8.71. The van der Waals surface area contributed by atoms with Crippen molar-refractivity contribution in [1.29, 1.82) is 0 Å². The van der Waals surface area contributed by atoms with Crippen molar-refractivity contribution in [2.75, 3.05) is 6.54 Å². The molecule has 1 aromatic rings. The molecule has 0 spiro atoms. The lowest BCUT2D eigenvalue weighted by Crippen LogP contribution is -2.26. The highest BCUT2D eigenvalue weighted by molar-refractivity contribution is 5.11. The van der Waals surface area contributed by atoms with Crippen molar-refractivity contribution in [3.63, 3.8) is 0 Å². The van der Waals surface area contributed by atoms with Crippen molar-refractivity contribution in [3.8, 4) is 0 Å². The van der Waals surface area contributed by atoms with Gasteiger partial charge in [0.2, 0.25) is 0 Å². The Morgan fingerprint density at radius 1 is 1.46 bits per heavy atom. The monoisotopic (exact) mass is 181 g/mol. The van der Waals surface area contributed by atoms with Crippen LogP contribution in [0, 0.1) is 0 Å². The van der Waals surface area contributed by atoms with Crippen molar-refractivity contribution in [2.24, 2.45) is 0 Å². The number of rotatable bonds is 5. The molecule has 0 amide bonds. The molecular formula is C11H19NO. The van der Waals surface area contributed by atoms with Crippen LogP contribution in [0.15, 0.2) is 23.0 Å². The van der Waals surface area contributed by atoms with Crippen LogP contribution < -0.4 is 5.32 Å². The third-order valence-corrected chi connectivity index (χ3v) is 2.37. The first-order valence-corrected chi connectivity index (χ1v) is 4.99. The second-order valence-electron chi connectivity index (χ2n) is 3.65. The summed E-state index contributed by atoms with van der Waals surface area (Å²) < 4.78 is 5.06. The Kier molecular flexibility index (Phi) is 4.03. The standard InChI is InChI=1S/C11H19NO/c1-4-12-10(3)7-9(2)11-5-6-13-8-11/h5-6,8-10,12H,4,7H2,1-3H3. The highest BCUT2D eigenvalue weighted by Crippen LogP contribution is 2.20. The summed E-state index contributed by atoms with van der Waals surface area (Å²) in [5, 5.41) is 3.41. The minimum Gasteiger partial charge on any atom is -0.472 e. The molecule has 1 rings (SSSR count). The van der Waals surface area contributed by atoms with Crippen LogP contribution in [0.5, 0.6) is 0 Å². The summed E-state index contributed by atoms with van der Waals surface area (Å²) in [6, 6.07) is 2.62. The fourth-order valence-electron chi connectivity index (χ4n) is 1.65. The van der Waals surface area contributed by atoms with E-state index in [9.17, 15) is 0 Å². The van der Waals surface area contributed by atoms with Crippen LogP contribution in [0.1, 0.15) is 38.7 Å². The lowest BCUT2D eigenvalue weighted by molar-refractivity contribution is 0.486. The summed E-state index contributed by atoms with van der Waals surface area (Å²) in [7, 11) is 0. The van der Waals surface area contributed by atoms with E-state index < -0.39 is 0 Å². The molecule has 0 aromatic carbocycles. The molecule has 0 aliphatic carbocycles. The average molecular weight is 181 g/mol. The smallest absolute Gasteiger partial charge is 0.0937 e. The van der Waals surface area contributed by atoms with E-state index in [0.29, 0.717) is 12.0 Å². The van der Waals surface area contributed by atoms with Gasteiger partial charge < -0.3 is 9.73 Å². The average Bonchev–Trinajstić information content (AvgIpc) is 2.55. The van der Waals surface area contributed by atoms with Crippen molar-refractivity contribution in [3.05, 3.63) is 24.2 Å². The first-order chi connectivity index (χ1) is 6.24. The van der Waals surface area contributed by atoms with E-state index >= 15 is 0 Å². The van der Waals surface area contributed by atoms with Gasteiger partial charge in [0.25, 0.3) is 0 Å². The van der Waals surface area contributed by atoms with Gasteiger partial charge in [0.1, 0.15) is 0 Å². The topological polar surface area (TPSA) is 25.2 Å². The molecule has 0 saturated carbocycles. The molecule has 1 N–H and O–H groups in total. The summed E-state index contributed by atoms with van der Waals surface area (Å²) in [4.78, 5) is 0. The van der Waals surface area contributed by atoms with E-state index in [0.717, 1.165) is 13.0 Å². The van der Waals surface area contributed by atoms with Crippen LogP contribution in [0.2, 0.25) is 0 Å². The third-order valence-electron chi connectivity index (χ3n) is 2.37. The normalized spacial score (nSPS) is 15.6. The van der Waals surface area contributed by atoms with Gasteiger partial charge in [-0.25, -0.2) is 0 Å². The fourth-order valence-corrected chi connectivity index (χ4v) is 1.65. The van der Waals surface area contributed by atoms with Gasteiger partial charge in [-0.15, -0.1) is 0 Å². The first kappa shape index (κ1) is 10.3. The molecule has 0 radical (unpaired) electrons. The SMILES string of the molecule is CCNC(C)CC(C)c1ccoc1. The van der Waals surface area contributed by atoms with Gasteiger partial charge in [-0.2, -0.15) is 0 Å². The molecule has 2 heteroatoms. The second kappa shape index (κ2) is 5.07. The van der Waals surface area contributed by atoms with Crippen LogP contribution in [-0.4, -0.2) is 12.6 Å². The van der Waals surface area contributed by atoms with Crippen LogP contribution >= 0.6 is 0 Å². The van der Waals surface area contributed by atoms with E-state index in [1.807, 2.05) is 12.3 Å². The number of furan rings is 1. The van der Waals surface area contributed by atoms with Gasteiger partial charge >= 0.3 is 0 Å². The number of nitrogens with one attached hydrogen (secondary N) is 1. The predicted octanol–water partition coefficient (Wildman–Crippen LogP) is 2.77. The van der Waals surface area contributed by atoms with Crippen molar-refractivity contribution in [2.45, 2.75) is 39.2 Å². The maximum absolute atomic E-state index is 5.06. The Balaban J connectivity index is 2.37. The minimum atomic E-state index is 0.577. The highest BCUT2D eigenvalue weighted by Gasteiger charge is 2.10. The van der Waals surface area contributed by atoms with E-state index in [1.54, 1.807) is 6.26 Å². The van der Waals surface area contributed by atoms with Gasteiger partial charge in [0.15, 0.2) is 0 Å². The lowest BCUT2D eigenvalue weighted by atomic mass is 9.97. The van der Waals surface area contributed by atoms with Gasteiger partial charge in [0, 0.05) is 6.04 Å². The molecule has 0 saturated heterocycles. The Hall–Kier alpha value is -0.760. The highest BCUT2D eigenvalue weighted by atomic mass is 16.3. The largest absolute Gasteiger partial charge is 0.472 e. The number of hydrogen-bond donors (Lipinski definition) is 1. The minimum absolute atomic E-state index is 0.577. The molecule has 2 nitrogen and oxygen atoms in total. The third kappa shape index (κ3) is 3.23. The van der Waals surface area contributed by atoms with E-state index in [2.05, 4.69) is 26.1 Å². The van der Waals surface area contributed by atoms with Gasteiger partial charge in [-0.3, -0.25) is 0 Å². The van der Waals surface area contributed by atoms with Crippen LogP contribution in [0.3, 0.4) is 0 Å². The number of hydrogen-bond acceptors (Lipinski definition) is 2. The Morgan fingerprint density at radius 2 is 2.23 bits per heavy atom. The molecular weight excluding hydrogens is 162 g/mol. The molecule has 0 fully saturated rings. The molecule has 1 heterocycles. The summed E-state index contributed by atoms with van der Waals surface area (Å²) >= 11 is 0. The predicted molar refractivity (Wildman–Crippen MR) is 54.9 cm³/mol. The molecule has 1 aromatic heterocycles. The molecule has 2 atom stereocenters. The van der Waals surface area contributed by atoms with Crippen LogP contribution in [0.25, 0.3) is 0 Å². The first-order valence-electron chi connectivity index (χ1n) is 4.99. The van der Waals surface area contributed by atoms with Crippen molar-refractivity contribution in [1.82, 2.24) is 5.32 Å². The summed E-state index contributed by atoms with van der Waals surface area (Å²) in [5.41, 5.74) is 1.30. The van der Waals surface area contributed by atoms with E-state index in [1.165, 1.54) is 5.56 Å². The maximum Gasteiger partial charge on any atom is 0.0937 e. The van der Waals surface area contributed by atoms with Gasteiger partial charge in [0.05, 0.1) is 12.5 Å². The molecule has 0 aliphatic rings. The van der Waals surface area contributed by atoms with E-state index in [4.69, 9.17) is 4.42 Å². The zero-order valence-electron chi connectivity index (χ0n) is 8.71. The van der Waals surface area contributed by atoms with Crippen LogP contribution in [0.4, 0.5) is 0 Å². The molecule has 2 unspecified atom stereocenters. The van der Waals surface area contributed by atoms with Crippen molar-refractivity contribution >= 4 is 0 Å². The maximum atomic E-state index is 5.06. The van der Waals surface area contributed by atoms with Gasteiger partial charge in [-0.1, -0.05) is 13.8 Å². The Morgan fingerprint density at radius 3 is 2.77 bits per heavy atom. The lowest BCUT2D eigenvalue weighted by Gasteiger charge is -2.16. The summed E-state index contributed by atoms with van der Waals surface area (Å²) in [5.74, 6) is 0.577. The Labute approximate surface area is 80.3 Å². The molecule has 0 bridgehead atoms. The fraction of sp³-hybridized carbons (Fsp3) is 0.636.